The van der Waals surface area contributed by atoms with Gasteiger partial charge in [0.25, 0.3) is 5.56 Å². The third-order valence-electron chi connectivity index (χ3n) is 6.57. The quantitative estimate of drug-likeness (QED) is 0.306. The Hall–Kier alpha value is -3.80. The molecule has 6 heteroatoms. The van der Waals surface area contributed by atoms with Crippen molar-refractivity contribution in [2.24, 2.45) is 0 Å². The summed E-state index contributed by atoms with van der Waals surface area (Å²) >= 11 is 0. The summed E-state index contributed by atoms with van der Waals surface area (Å²) in [4.78, 5) is 32.8. The Balaban J connectivity index is 1.73. The second-order valence-corrected chi connectivity index (χ2v) is 9.09. The van der Waals surface area contributed by atoms with Gasteiger partial charge in [-0.15, -0.1) is 0 Å². The van der Waals surface area contributed by atoms with Crippen LogP contribution in [-0.4, -0.2) is 27.2 Å². The largest absolute Gasteiger partial charge is 0.311 e. The number of anilines is 1. The van der Waals surface area contributed by atoms with Crippen LogP contribution in [0.25, 0.3) is 10.8 Å². The molecule has 2 aromatic carbocycles. The van der Waals surface area contributed by atoms with Gasteiger partial charge in [0.15, 0.2) is 0 Å². The van der Waals surface area contributed by atoms with Gasteiger partial charge in [0, 0.05) is 36.4 Å². The monoisotopic (exact) mass is 482 g/mol. The number of aromatic nitrogens is 3. The molecule has 1 amide bonds. The van der Waals surface area contributed by atoms with E-state index in [1.54, 1.807) is 11.1 Å². The van der Waals surface area contributed by atoms with Crippen LogP contribution in [-0.2, 0) is 30.6 Å². The molecule has 0 aliphatic heterocycles. The zero-order chi connectivity index (χ0) is 25.5. The first kappa shape index (κ1) is 25.3. The number of likely N-dealkylation sites (N-methyl/N-ethyl adjacent to an activating group) is 1. The van der Waals surface area contributed by atoms with Crippen LogP contribution < -0.4 is 10.5 Å². The van der Waals surface area contributed by atoms with Crippen molar-refractivity contribution < 1.29 is 4.79 Å². The van der Waals surface area contributed by atoms with Crippen molar-refractivity contribution in [3.8, 4) is 0 Å². The van der Waals surface area contributed by atoms with Gasteiger partial charge in [-0.3, -0.25) is 14.6 Å². The molecule has 0 bridgehead atoms. The Morgan fingerprint density at radius 2 is 1.72 bits per heavy atom. The van der Waals surface area contributed by atoms with Gasteiger partial charge in [-0.25, -0.2) is 4.68 Å². The highest BCUT2D eigenvalue weighted by atomic mass is 16.2. The van der Waals surface area contributed by atoms with E-state index in [0.717, 1.165) is 53.6 Å². The minimum Gasteiger partial charge on any atom is -0.311 e. The SMILES string of the molecule is CCCCc1ccc2c(Cc3cccnc3)nn(CC(=O)N(CC)c3ccc(CC)cc3)c(=O)c2c1. The number of nitrogens with zero attached hydrogens (tertiary/aromatic N) is 4. The fraction of sp³-hybridized carbons (Fsp3) is 0.333. The molecule has 186 valence electrons. The van der Waals surface area contributed by atoms with Gasteiger partial charge >= 0.3 is 0 Å². The molecule has 2 heterocycles. The number of carbonyl (C=O) groups excluding carboxylic acids is 1. The maximum absolute atomic E-state index is 13.5. The van der Waals surface area contributed by atoms with E-state index in [2.05, 4.69) is 24.9 Å². The minimum absolute atomic E-state index is 0.114. The summed E-state index contributed by atoms with van der Waals surface area (Å²) in [6, 6.07) is 17.9. The zero-order valence-corrected chi connectivity index (χ0v) is 21.4. The first-order valence-electron chi connectivity index (χ1n) is 12.8. The summed E-state index contributed by atoms with van der Waals surface area (Å²) < 4.78 is 1.34. The maximum Gasteiger partial charge on any atom is 0.275 e. The number of rotatable bonds is 10. The predicted molar refractivity (Wildman–Crippen MR) is 146 cm³/mol. The van der Waals surface area contributed by atoms with Crippen molar-refractivity contribution in [3.63, 3.8) is 0 Å². The Morgan fingerprint density at radius 1 is 0.944 bits per heavy atom. The minimum atomic E-state index is -0.232. The van der Waals surface area contributed by atoms with Crippen LogP contribution in [0.15, 0.2) is 71.8 Å². The van der Waals surface area contributed by atoms with Gasteiger partial charge in [-0.1, -0.05) is 50.6 Å². The van der Waals surface area contributed by atoms with Crippen LogP contribution in [0.3, 0.4) is 0 Å². The Morgan fingerprint density at radius 3 is 2.39 bits per heavy atom. The summed E-state index contributed by atoms with van der Waals surface area (Å²) in [5.74, 6) is -0.162. The van der Waals surface area contributed by atoms with Crippen LogP contribution in [0.1, 0.15) is 56.0 Å². The molecule has 0 saturated heterocycles. The van der Waals surface area contributed by atoms with E-state index in [-0.39, 0.29) is 18.0 Å². The van der Waals surface area contributed by atoms with Crippen molar-refractivity contribution in [3.05, 3.63) is 99.7 Å². The van der Waals surface area contributed by atoms with Gasteiger partial charge in [0.05, 0.1) is 11.1 Å². The Kier molecular flexibility index (Phi) is 8.26. The maximum atomic E-state index is 13.5. The Bertz CT molecular complexity index is 1380. The van der Waals surface area contributed by atoms with Crippen molar-refractivity contribution in [2.75, 3.05) is 11.4 Å². The number of carbonyl (C=O) groups is 1. The molecule has 2 aromatic heterocycles. The fourth-order valence-corrected chi connectivity index (χ4v) is 4.50. The van der Waals surface area contributed by atoms with E-state index in [1.165, 1.54) is 10.2 Å². The van der Waals surface area contributed by atoms with E-state index in [9.17, 15) is 9.59 Å². The zero-order valence-electron chi connectivity index (χ0n) is 21.4. The smallest absolute Gasteiger partial charge is 0.275 e. The van der Waals surface area contributed by atoms with Crippen molar-refractivity contribution in [1.29, 1.82) is 0 Å². The van der Waals surface area contributed by atoms with Gasteiger partial charge < -0.3 is 4.90 Å². The first-order valence-corrected chi connectivity index (χ1v) is 12.8. The van der Waals surface area contributed by atoms with E-state index in [1.807, 2.05) is 61.7 Å². The molecule has 0 aliphatic rings. The van der Waals surface area contributed by atoms with E-state index >= 15 is 0 Å². The summed E-state index contributed by atoms with van der Waals surface area (Å²) in [7, 11) is 0. The van der Waals surface area contributed by atoms with Crippen molar-refractivity contribution in [1.82, 2.24) is 14.8 Å². The molecule has 0 atom stereocenters. The number of aryl methyl sites for hydroxylation is 2. The van der Waals surface area contributed by atoms with E-state index in [0.29, 0.717) is 18.4 Å². The van der Waals surface area contributed by atoms with Gasteiger partial charge in [0.1, 0.15) is 6.54 Å². The standard InChI is InChI=1S/C30H34N4O2/c1-4-7-9-23-13-16-26-27(18-23)30(36)34(32-28(26)19-24-10-8-17-31-20-24)21-29(35)33(6-3)25-14-11-22(5-2)12-15-25/h8,10-18,20H,4-7,9,19,21H2,1-3H3. The average Bonchev–Trinajstić information content (AvgIpc) is 2.91. The summed E-state index contributed by atoms with van der Waals surface area (Å²) in [6.45, 7) is 6.60. The normalized spacial score (nSPS) is 11.1. The van der Waals surface area contributed by atoms with Crippen LogP contribution in [0.4, 0.5) is 5.69 Å². The number of fused-ring (bicyclic) bond motifs is 1. The summed E-state index contributed by atoms with van der Waals surface area (Å²) in [6.07, 6.45) is 8.09. The molecule has 0 saturated carbocycles. The van der Waals surface area contributed by atoms with Gasteiger partial charge in [0.2, 0.25) is 5.91 Å². The molecule has 0 radical (unpaired) electrons. The highest BCUT2D eigenvalue weighted by Crippen LogP contribution is 2.20. The molecule has 0 N–H and O–H groups in total. The van der Waals surface area contributed by atoms with Crippen LogP contribution >= 0.6 is 0 Å². The van der Waals surface area contributed by atoms with Gasteiger partial charge in [-0.2, -0.15) is 5.10 Å². The van der Waals surface area contributed by atoms with Crippen LogP contribution in [0.5, 0.6) is 0 Å². The molecular weight excluding hydrogens is 448 g/mol. The van der Waals surface area contributed by atoms with Crippen LogP contribution in [0.2, 0.25) is 0 Å². The lowest BCUT2D eigenvalue weighted by atomic mass is 10.0. The highest BCUT2D eigenvalue weighted by molar-refractivity contribution is 5.93. The topological polar surface area (TPSA) is 68.1 Å². The predicted octanol–water partition coefficient (Wildman–Crippen LogP) is 5.34. The highest BCUT2D eigenvalue weighted by Gasteiger charge is 2.19. The lowest BCUT2D eigenvalue weighted by molar-refractivity contribution is -0.119. The number of benzene rings is 2. The molecule has 0 aliphatic carbocycles. The third kappa shape index (κ3) is 5.70. The van der Waals surface area contributed by atoms with Crippen LogP contribution in [0, 0.1) is 0 Å². The molecule has 6 nitrogen and oxygen atoms in total. The first-order chi connectivity index (χ1) is 17.5. The molecule has 0 fully saturated rings. The molecule has 4 aromatic rings. The van der Waals surface area contributed by atoms with Gasteiger partial charge in [-0.05, 0) is 67.1 Å². The van der Waals surface area contributed by atoms with Crippen molar-refractivity contribution in [2.45, 2.75) is 59.4 Å². The number of unbranched alkanes of at least 4 members (excludes halogenated alkanes) is 1. The van der Waals surface area contributed by atoms with E-state index < -0.39 is 0 Å². The van der Waals surface area contributed by atoms with Crippen molar-refractivity contribution >= 4 is 22.4 Å². The second-order valence-electron chi connectivity index (χ2n) is 9.09. The molecule has 0 spiro atoms. The average molecular weight is 483 g/mol. The van der Waals surface area contributed by atoms with E-state index in [4.69, 9.17) is 5.10 Å². The molecule has 0 unspecified atom stereocenters. The number of hydrogen-bond donors (Lipinski definition) is 0. The number of amides is 1. The summed E-state index contributed by atoms with van der Waals surface area (Å²) in [5, 5.41) is 6.13. The summed E-state index contributed by atoms with van der Waals surface area (Å²) in [5.41, 5.74) is 4.71. The lowest BCUT2D eigenvalue weighted by Gasteiger charge is -2.22. The lowest BCUT2D eigenvalue weighted by Crippen LogP contribution is -2.37. The fourth-order valence-electron chi connectivity index (χ4n) is 4.50. The molecular formula is C30H34N4O2. The number of pyridine rings is 1. The molecule has 4 rings (SSSR count). The number of hydrogen-bond acceptors (Lipinski definition) is 4. The second kappa shape index (κ2) is 11.8. The Labute approximate surface area is 212 Å². The molecule has 36 heavy (non-hydrogen) atoms. The third-order valence-corrected chi connectivity index (χ3v) is 6.57.